The smallest absolute Gasteiger partial charge is 0.330 e. The molecule has 0 spiro atoms. The Bertz CT molecular complexity index is 2100. The van der Waals surface area contributed by atoms with E-state index in [2.05, 4.69) is 0 Å². The molecule has 55 heavy (non-hydrogen) atoms. The van der Waals surface area contributed by atoms with E-state index in [1.165, 1.54) is 68.8 Å². The lowest BCUT2D eigenvalue weighted by molar-refractivity contribution is -0.319. The normalized spacial score (nSPS) is 26.6. The topological polar surface area (TPSA) is 274 Å². The van der Waals surface area contributed by atoms with Crippen LogP contribution in [0.5, 0.6) is 34.5 Å². The van der Waals surface area contributed by atoms with Gasteiger partial charge in [-0.05, 0) is 48.0 Å². The number of phenols is 3. The number of hydrogen-bond acceptors (Lipinski definition) is 18. The molecule has 2 aliphatic rings. The van der Waals surface area contributed by atoms with Crippen LogP contribution < -0.4 is 19.6 Å². The molecule has 18 heteroatoms. The van der Waals surface area contributed by atoms with Crippen molar-refractivity contribution in [1.82, 2.24) is 0 Å². The summed E-state index contributed by atoms with van der Waals surface area (Å²) in [5.74, 6) is -2.18. The monoisotopic (exact) mass is 770 g/mol. The van der Waals surface area contributed by atoms with Crippen molar-refractivity contribution in [1.29, 1.82) is 0 Å². The number of aliphatic hydroxyl groups is 5. The molecule has 0 saturated carbocycles. The van der Waals surface area contributed by atoms with E-state index < -0.39 is 91.4 Å². The van der Waals surface area contributed by atoms with Crippen LogP contribution in [0.15, 0.2) is 69.9 Å². The lowest BCUT2D eigenvalue weighted by Crippen LogP contribution is -2.62. The Hall–Kier alpha value is -5.44. The van der Waals surface area contributed by atoms with Crippen molar-refractivity contribution in [3.05, 3.63) is 76.5 Å². The van der Waals surface area contributed by atoms with Crippen molar-refractivity contribution in [2.75, 3.05) is 34.0 Å². The van der Waals surface area contributed by atoms with E-state index in [-0.39, 0.29) is 45.3 Å². The van der Waals surface area contributed by atoms with Gasteiger partial charge in [0.15, 0.2) is 35.3 Å². The molecule has 2 aliphatic heterocycles. The maximum Gasteiger partial charge on any atom is 0.330 e. The molecule has 2 fully saturated rings. The fraction of sp³-hybridized carbons (Fsp3) is 0.351. The van der Waals surface area contributed by atoms with Crippen LogP contribution in [0.4, 0.5) is 0 Å². The van der Waals surface area contributed by atoms with Gasteiger partial charge in [-0.1, -0.05) is 6.07 Å². The molecule has 3 heterocycles. The van der Waals surface area contributed by atoms with Crippen LogP contribution in [0.25, 0.3) is 28.4 Å². The first-order valence-corrected chi connectivity index (χ1v) is 16.6. The van der Waals surface area contributed by atoms with E-state index >= 15 is 0 Å². The number of aliphatic hydroxyl groups excluding tert-OH is 4. The molecule has 0 amide bonds. The summed E-state index contributed by atoms with van der Waals surface area (Å²) in [4.78, 5) is 26.5. The van der Waals surface area contributed by atoms with Crippen molar-refractivity contribution >= 4 is 23.0 Å². The van der Waals surface area contributed by atoms with Crippen molar-refractivity contribution in [3.63, 3.8) is 0 Å². The van der Waals surface area contributed by atoms with Crippen molar-refractivity contribution in [3.8, 4) is 45.8 Å². The summed E-state index contributed by atoms with van der Waals surface area (Å²) in [5, 5.41) is 84.1. The van der Waals surface area contributed by atoms with Gasteiger partial charge in [0, 0.05) is 23.8 Å². The molecular formula is C37H38O18. The number of phenolic OH excluding ortho intramolecular Hbond substituents is 3. The maximum atomic E-state index is 14.0. The predicted octanol–water partition coefficient (Wildman–Crippen LogP) is 0.502. The number of benzene rings is 3. The maximum absolute atomic E-state index is 14.0. The minimum absolute atomic E-state index is 0.107. The van der Waals surface area contributed by atoms with Crippen LogP contribution in [0, 0.1) is 0 Å². The Kier molecular flexibility index (Phi) is 11.5. The first-order valence-electron chi connectivity index (χ1n) is 16.6. The highest BCUT2D eigenvalue weighted by atomic mass is 16.8. The standard InChI is InChI=1S/C37H38O18/c1-48-20-12-22(41)27-24(13-20)52-31(18-5-7-19(39)8-6-18)32(29(27)44)54-35-33(30(45)28(43)25(14-38)53-35)55-36-34(46)37(47,16-51-36)15-50-26(42)10-4-17-3-9-21(40)23(11-17)49-2/h3-13,25,28,30,33-36,38-41,43,45-47H,14-16H2,1-2H3/b10-4+/t25-,28-,30+,33+,34+,35-,36-,37-/m0/s1. The fourth-order valence-electron chi connectivity index (χ4n) is 5.96. The number of methoxy groups -OCH3 is 2. The fourth-order valence-corrected chi connectivity index (χ4v) is 5.96. The Labute approximate surface area is 311 Å². The van der Waals surface area contributed by atoms with E-state index in [1.54, 1.807) is 0 Å². The lowest BCUT2D eigenvalue weighted by atomic mass is 9.98. The number of hydrogen-bond donors (Lipinski definition) is 8. The number of rotatable bonds is 12. The molecule has 8 atom stereocenters. The summed E-state index contributed by atoms with van der Waals surface area (Å²) in [6.07, 6.45) is -10.2. The molecule has 0 radical (unpaired) electrons. The quantitative estimate of drug-likeness (QED) is 0.0720. The molecule has 0 bridgehead atoms. The zero-order valence-corrected chi connectivity index (χ0v) is 29.2. The number of ether oxygens (including phenoxy) is 7. The van der Waals surface area contributed by atoms with Crippen LogP contribution in [-0.4, -0.2) is 130 Å². The van der Waals surface area contributed by atoms with Gasteiger partial charge in [-0.2, -0.15) is 0 Å². The SMILES string of the molecule is COc1cc(O)c2c(=O)c(O[C@@H]3O[C@@H](CO)[C@H](O)[C@@H](O)[C@H]3O[C@@H]3OC[C@@](O)(COC(=O)/C=C/c4ccc(O)c(OC)c4)[C@@H]3O)c(-c3ccc(O)cc3)oc2c1. The van der Waals surface area contributed by atoms with Crippen LogP contribution >= 0.6 is 0 Å². The van der Waals surface area contributed by atoms with E-state index in [0.29, 0.717) is 5.56 Å². The Morgan fingerprint density at radius 2 is 1.69 bits per heavy atom. The van der Waals surface area contributed by atoms with Crippen LogP contribution in [0.3, 0.4) is 0 Å². The second-order valence-corrected chi connectivity index (χ2v) is 12.7. The average Bonchev–Trinajstić information content (AvgIpc) is 3.46. The number of esters is 1. The van der Waals surface area contributed by atoms with E-state index in [4.69, 9.17) is 37.6 Å². The first kappa shape index (κ1) is 39.3. The van der Waals surface area contributed by atoms with Crippen molar-refractivity contribution in [2.24, 2.45) is 0 Å². The summed E-state index contributed by atoms with van der Waals surface area (Å²) in [6, 6.07) is 12.2. The van der Waals surface area contributed by atoms with Gasteiger partial charge in [-0.3, -0.25) is 4.79 Å². The molecule has 18 nitrogen and oxygen atoms in total. The Balaban J connectivity index is 1.25. The number of aromatic hydroxyl groups is 3. The zero-order valence-electron chi connectivity index (χ0n) is 29.2. The van der Waals surface area contributed by atoms with Crippen LogP contribution in [-0.2, 0) is 23.7 Å². The first-order chi connectivity index (χ1) is 26.3. The third kappa shape index (κ3) is 8.02. The van der Waals surface area contributed by atoms with Gasteiger partial charge in [-0.15, -0.1) is 0 Å². The summed E-state index contributed by atoms with van der Waals surface area (Å²) in [6.45, 7) is -2.24. The predicted molar refractivity (Wildman–Crippen MR) is 186 cm³/mol. The van der Waals surface area contributed by atoms with E-state index in [9.17, 15) is 50.4 Å². The molecule has 6 rings (SSSR count). The number of carbonyl (C=O) groups excluding carboxylic acids is 1. The third-order valence-electron chi connectivity index (χ3n) is 9.01. The summed E-state index contributed by atoms with van der Waals surface area (Å²) >= 11 is 0. The molecule has 8 N–H and O–H groups in total. The third-order valence-corrected chi connectivity index (χ3v) is 9.01. The molecule has 0 aliphatic carbocycles. The van der Waals surface area contributed by atoms with Gasteiger partial charge in [0.25, 0.3) is 0 Å². The van der Waals surface area contributed by atoms with Crippen molar-refractivity contribution < 1.29 is 83.2 Å². The second-order valence-electron chi connectivity index (χ2n) is 12.7. The van der Waals surface area contributed by atoms with Gasteiger partial charge in [-0.25, -0.2) is 4.79 Å². The summed E-state index contributed by atoms with van der Waals surface area (Å²) < 4.78 is 44.4. The average molecular weight is 771 g/mol. The van der Waals surface area contributed by atoms with Gasteiger partial charge < -0.3 is 78.4 Å². The van der Waals surface area contributed by atoms with Crippen molar-refractivity contribution in [2.45, 2.75) is 48.7 Å². The van der Waals surface area contributed by atoms with E-state index in [1.807, 2.05) is 0 Å². The largest absolute Gasteiger partial charge is 0.508 e. The molecule has 3 aromatic carbocycles. The lowest BCUT2D eigenvalue weighted by Gasteiger charge is -2.42. The Morgan fingerprint density at radius 3 is 2.38 bits per heavy atom. The molecule has 2 saturated heterocycles. The van der Waals surface area contributed by atoms with Gasteiger partial charge in [0.2, 0.25) is 17.5 Å². The van der Waals surface area contributed by atoms with E-state index in [0.717, 1.165) is 12.1 Å². The molecule has 0 unspecified atom stereocenters. The van der Waals surface area contributed by atoms with Crippen LogP contribution in [0.2, 0.25) is 0 Å². The van der Waals surface area contributed by atoms with Gasteiger partial charge in [0.1, 0.15) is 59.2 Å². The number of carbonyl (C=O) groups is 1. The molecule has 1 aromatic heterocycles. The number of fused-ring (bicyclic) bond motifs is 1. The second kappa shape index (κ2) is 16.1. The highest BCUT2D eigenvalue weighted by molar-refractivity contribution is 5.88. The minimum atomic E-state index is -2.23. The minimum Gasteiger partial charge on any atom is -0.508 e. The van der Waals surface area contributed by atoms with Gasteiger partial charge >= 0.3 is 5.97 Å². The zero-order chi connectivity index (χ0) is 39.6. The summed E-state index contributed by atoms with van der Waals surface area (Å²) in [5.41, 5.74) is -2.60. The Morgan fingerprint density at radius 1 is 0.945 bits per heavy atom. The molecule has 294 valence electrons. The highest BCUT2D eigenvalue weighted by Crippen LogP contribution is 2.39. The summed E-state index contributed by atoms with van der Waals surface area (Å²) in [7, 11) is 2.69. The highest BCUT2D eigenvalue weighted by Gasteiger charge is 2.54. The molecule has 4 aromatic rings. The molecular weight excluding hydrogens is 732 g/mol. The van der Waals surface area contributed by atoms with Gasteiger partial charge in [0.05, 0.1) is 27.4 Å². The van der Waals surface area contributed by atoms with Crippen LogP contribution in [0.1, 0.15) is 5.56 Å².